The average molecular weight is 142 g/mol. The lowest BCUT2D eigenvalue weighted by Crippen LogP contribution is -2.51. The van der Waals surface area contributed by atoms with Crippen LogP contribution in [0.4, 0.5) is 0 Å². The molecule has 0 aromatic carbocycles. The van der Waals surface area contributed by atoms with E-state index >= 15 is 0 Å². The highest BCUT2D eigenvalue weighted by atomic mass is 14.9. The Hall–Kier alpha value is -0.0800. The summed E-state index contributed by atoms with van der Waals surface area (Å²) in [6.45, 7) is 6.41. The first kappa shape index (κ1) is 8.02. The largest absolute Gasteiger partial charge is 0.327 e. The Kier molecular flexibility index (Phi) is 1.57. The molecule has 1 saturated carbocycles. The maximum absolute atomic E-state index is 6.07. The van der Waals surface area contributed by atoms with E-state index in [1.807, 2.05) is 0 Å². The van der Waals surface area contributed by atoms with Crippen molar-refractivity contribution in [1.29, 1.82) is 0 Å². The highest BCUT2D eigenvalue weighted by molar-refractivity contribution is 5.06. The molecule has 2 unspecified atom stereocenters. The Balaban J connectivity index is 2.84. The molecule has 1 aliphatic carbocycles. The molecule has 2 atom stereocenters. The fourth-order valence-electron chi connectivity index (χ4n) is 1.56. The highest BCUT2D eigenvalue weighted by Crippen LogP contribution is 2.42. The highest BCUT2D eigenvalue weighted by Gasteiger charge is 2.47. The van der Waals surface area contributed by atoms with Crippen molar-refractivity contribution < 1.29 is 0 Å². The number of nitrogens with two attached hydrogens (primary N) is 2. The van der Waals surface area contributed by atoms with Crippen LogP contribution in [0.1, 0.15) is 33.6 Å². The molecule has 0 saturated heterocycles. The molecule has 60 valence electrons. The molecule has 0 spiro atoms. The summed E-state index contributed by atoms with van der Waals surface area (Å²) in [4.78, 5) is 0. The smallest absolute Gasteiger partial charge is 0.0192 e. The van der Waals surface area contributed by atoms with E-state index in [1.54, 1.807) is 0 Å². The van der Waals surface area contributed by atoms with Crippen molar-refractivity contribution in [2.45, 2.75) is 45.2 Å². The zero-order valence-corrected chi connectivity index (χ0v) is 7.15. The first-order chi connectivity index (χ1) is 4.38. The Labute approximate surface area is 63.0 Å². The van der Waals surface area contributed by atoms with Gasteiger partial charge in [-0.15, -0.1) is 0 Å². The van der Waals surface area contributed by atoms with E-state index in [9.17, 15) is 0 Å². The number of rotatable bonds is 0. The molecule has 2 heteroatoms. The second-order valence-corrected chi connectivity index (χ2v) is 4.28. The SMILES string of the molecule is CC1(N)CCC(N)C1(C)C. The van der Waals surface area contributed by atoms with Gasteiger partial charge in [0, 0.05) is 11.6 Å². The predicted molar refractivity (Wildman–Crippen MR) is 43.6 cm³/mol. The predicted octanol–water partition coefficient (Wildman–Crippen LogP) is 0.851. The molecule has 0 aromatic rings. The molecule has 0 amide bonds. The minimum absolute atomic E-state index is 0.0631. The summed E-state index contributed by atoms with van der Waals surface area (Å²) >= 11 is 0. The van der Waals surface area contributed by atoms with Crippen molar-refractivity contribution in [2.24, 2.45) is 16.9 Å². The number of hydrogen-bond acceptors (Lipinski definition) is 2. The molecule has 0 bridgehead atoms. The average Bonchev–Trinajstić information content (AvgIpc) is 1.94. The van der Waals surface area contributed by atoms with Gasteiger partial charge in [0.1, 0.15) is 0 Å². The van der Waals surface area contributed by atoms with Crippen LogP contribution in [0.3, 0.4) is 0 Å². The van der Waals surface area contributed by atoms with E-state index in [-0.39, 0.29) is 17.0 Å². The van der Waals surface area contributed by atoms with Gasteiger partial charge in [0.05, 0.1) is 0 Å². The van der Waals surface area contributed by atoms with Gasteiger partial charge in [-0.05, 0) is 25.2 Å². The van der Waals surface area contributed by atoms with Crippen LogP contribution in [-0.2, 0) is 0 Å². The van der Waals surface area contributed by atoms with Crippen molar-refractivity contribution in [1.82, 2.24) is 0 Å². The molecular weight excluding hydrogens is 124 g/mol. The van der Waals surface area contributed by atoms with Crippen molar-refractivity contribution in [3.63, 3.8) is 0 Å². The maximum atomic E-state index is 6.07. The Morgan fingerprint density at radius 3 is 1.90 bits per heavy atom. The Morgan fingerprint density at radius 1 is 1.30 bits per heavy atom. The van der Waals surface area contributed by atoms with Gasteiger partial charge in [-0.2, -0.15) is 0 Å². The minimum atomic E-state index is -0.0631. The fourth-order valence-corrected chi connectivity index (χ4v) is 1.56. The van der Waals surface area contributed by atoms with Crippen LogP contribution < -0.4 is 11.5 Å². The van der Waals surface area contributed by atoms with Gasteiger partial charge in [-0.3, -0.25) is 0 Å². The van der Waals surface area contributed by atoms with Crippen molar-refractivity contribution in [3.8, 4) is 0 Å². The topological polar surface area (TPSA) is 52.0 Å². The summed E-state index contributed by atoms with van der Waals surface area (Å²) in [5, 5.41) is 0. The van der Waals surface area contributed by atoms with Crippen LogP contribution in [0.2, 0.25) is 0 Å². The van der Waals surface area contributed by atoms with E-state index in [1.165, 1.54) is 0 Å². The van der Waals surface area contributed by atoms with E-state index in [0.29, 0.717) is 0 Å². The summed E-state index contributed by atoms with van der Waals surface area (Å²) in [5.41, 5.74) is 12.0. The normalized spacial score (nSPS) is 45.9. The molecule has 4 N–H and O–H groups in total. The molecule has 1 fully saturated rings. The quantitative estimate of drug-likeness (QED) is 0.527. The lowest BCUT2D eigenvalue weighted by molar-refractivity contribution is 0.207. The molecule has 10 heavy (non-hydrogen) atoms. The third-order valence-electron chi connectivity index (χ3n) is 3.37. The molecule has 1 rings (SSSR count). The van der Waals surface area contributed by atoms with Gasteiger partial charge < -0.3 is 11.5 Å². The van der Waals surface area contributed by atoms with E-state index < -0.39 is 0 Å². The summed E-state index contributed by atoms with van der Waals surface area (Å²) in [6.07, 6.45) is 2.13. The summed E-state index contributed by atoms with van der Waals surface area (Å²) in [6, 6.07) is 0.280. The third-order valence-corrected chi connectivity index (χ3v) is 3.37. The van der Waals surface area contributed by atoms with Crippen LogP contribution in [0, 0.1) is 5.41 Å². The molecule has 0 radical (unpaired) electrons. The summed E-state index contributed by atoms with van der Waals surface area (Å²) < 4.78 is 0. The zero-order chi connectivity index (χ0) is 7.99. The fraction of sp³-hybridized carbons (Fsp3) is 1.00. The monoisotopic (exact) mass is 142 g/mol. The molecule has 0 aliphatic heterocycles. The van der Waals surface area contributed by atoms with Gasteiger partial charge in [-0.25, -0.2) is 0 Å². The van der Waals surface area contributed by atoms with Gasteiger partial charge in [0.25, 0.3) is 0 Å². The van der Waals surface area contributed by atoms with Crippen molar-refractivity contribution >= 4 is 0 Å². The number of hydrogen-bond donors (Lipinski definition) is 2. The summed E-state index contributed by atoms with van der Waals surface area (Å²) in [5.74, 6) is 0. The van der Waals surface area contributed by atoms with E-state index in [0.717, 1.165) is 12.8 Å². The lowest BCUT2D eigenvalue weighted by atomic mass is 9.75. The first-order valence-electron chi connectivity index (χ1n) is 3.92. The van der Waals surface area contributed by atoms with Crippen LogP contribution in [0.25, 0.3) is 0 Å². The maximum Gasteiger partial charge on any atom is 0.0192 e. The molecule has 2 nitrogen and oxygen atoms in total. The second kappa shape index (κ2) is 1.95. The van der Waals surface area contributed by atoms with Crippen LogP contribution in [0.5, 0.6) is 0 Å². The minimum Gasteiger partial charge on any atom is -0.327 e. The molecule has 1 aliphatic rings. The summed E-state index contributed by atoms with van der Waals surface area (Å²) in [7, 11) is 0. The van der Waals surface area contributed by atoms with Crippen LogP contribution in [-0.4, -0.2) is 11.6 Å². The second-order valence-electron chi connectivity index (χ2n) is 4.28. The van der Waals surface area contributed by atoms with E-state index in [2.05, 4.69) is 20.8 Å². The third kappa shape index (κ3) is 0.867. The van der Waals surface area contributed by atoms with Gasteiger partial charge in [0.2, 0.25) is 0 Å². The van der Waals surface area contributed by atoms with Gasteiger partial charge in [-0.1, -0.05) is 13.8 Å². The van der Waals surface area contributed by atoms with Crippen molar-refractivity contribution in [2.75, 3.05) is 0 Å². The molecular formula is C8H18N2. The standard InChI is InChI=1S/C8H18N2/c1-7(2)6(9)4-5-8(7,3)10/h6H,4-5,9-10H2,1-3H3. The van der Waals surface area contributed by atoms with Gasteiger partial charge >= 0.3 is 0 Å². The molecule has 0 aromatic heterocycles. The van der Waals surface area contributed by atoms with Crippen LogP contribution in [0.15, 0.2) is 0 Å². The zero-order valence-electron chi connectivity index (χ0n) is 7.15. The van der Waals surface area contributed by atoms with E-state index in [4.69, 9.17) is 11.5 Å². The van der Waals surface area contributed by atoms with Crippen molar-refractivity contribution in [3.05, 3.63) is 0 Å². The first-order valence-corrected chi connectivity index (χ1v) is 3.92. The lowest BCUT2D eigenvalue weighted by Gasteiger charge is -2.37. The Morgan fingerprint density at radius 2 is 1.80 bits per heavy atom. The van der Waals surface area contributed by atoms with Crippen LogP contribution >= 0.6 is 0 Å². The van der Waals surface area contributed by atoms with Gasteiger partial charge in [0.15, 0.2) is 0 Å². The molecule has 0 heterocycles. The Bertz CT molecular complexity index is 138.